The van der Waals surface area contributed by atoms with Gasteiger partial charge in [0.25, 0.3) is 0 Å². The van der Waals surface area contributed by atoms with Gasteiger partial charge in [-0.1, -0.05) is 40.9 Å². The first-order valence-electron chi connectivity index (χ1n) is 4.54. The number of nitrogens with two attached hydrogens (primary N) is 1. The summed E-state index contributed by atoms with van der Waals surface area (Å²) in [4.78, 5) is 0.944. The third-order valence-corrected chi connectivity index (χ3v) is 4.18. The Bertz CT molecular complexity index is 489. The van der Waals surface area contributed by atoms with E-state index in [4.69, 9.17) is 40.5 Å². The summed E-state index contributed by atoms with van der Waals surface area (Å²) in [6.07, 6.45) is 0. The largest absolute Gasteiger partial charge is 0.320 e. The average molecular weight is 293 g/mol. The maximum atomic E-state index is 6.11. The van der Waals surface area contributed by atoms with Crippen LogP contribution in [0.5, 0.6) is 0 Å². The van der Waals surface area contributed by atoms with Crippen molar-refractivity contribution in [2.75, 3.05) is 0 Å². The van der Waals surface area contributed by atoms with Gasteiger partial charge in [-0.15, -0.1) is 11.3 Å². The van der Waals surface area contributed by atoms with E-state index in [2.05, 4.69) is 0 Å². The van der Waals surface area contributed by atoms with E-state index in [1.807, 2.05) is 12.1 Å². The van der Waals surface area contributed by atoms with Crippen molar-refractivity contribution in [3.8, 4) is 0 Å². The molecule has 0 fully saturated rings. The van der Waals surface area contributed by atoms with Crippen molar-refractivity contribution in [1.82, 2.24) is 0 Å². The molecule has 1 aromatic carbocycles. The molecule has 0 aliphatic carbocycles. The van der Waals surface area contributed by atoms with Gasteiger partial charge in [0.2, 0.25) is 0 Å². The Hall–Kier alpha value is -0.250. The summed E-state index contributed by atoms with van der Waals surface area (Å²) in [5.41, 5.74) is 6.85. The van der Waals surface area contributed by atoms with Crippen LogP contribution in [0.1, 0.15) is 16.5 Å². The second-order valence-electron chi connectivity index (χ2n) is 3.25. The molecule has 84 valence electrons. The highest BCUT2D eigenvalue weighted by Crippen LogP contribution is 2.36. The van der Waals surface area contributed by atoms with Gasteiger partial charge in [-0.2, -0.15) is 0 Å². The summed E-state index contributed by atoms with van der Waals surface area (Å²) < 4.78 is 0.702. The molecule has 1 aromatic heterocycles. The molecular formula is C11H8Cl3NS. The van der Waals surface area contributed by atoms with Gasteiger partial charge in [0, 0.05) is 20.5 Å². The lowest BCUT2D eigenvalue weighted by atomic mass is 10.1. The molecule has 0 bridgehead atoms. The van der Waals surface area contributed by atoms with Crippen LogP contribution >= 0.6 is 46.1 Å². The molecule has 0 saturated carbocycles. The molecule has 0 spiro atoms. The molecule has 0 amide bonds. The first-order valence-corrected chi connectivity index (χ1v) is 6.49. The van der Waals surface area contributed by atoms with Gasteiger partial charge in [-0.3, -0.25) is 0 Å². The van der Waals surface area contributed by atoms with Gasteiger partial charge in [-0.05, 0) is 24.3 Å². The average Bonchev–Trinajstić information content (AvgIpc) is 2.64. The van der Waals surface area contributed by atoms with Crippen molar-refractivity contribution in [3.05, 3.63) is 55.2 Å². The highest BCUT2D eigenvalue weighted by atomic mass is 35.5. The second kappa shape index (κ2) is 4.94. The fourth-order valence-corrected chi connectivity index (χ4v) is 3.15. The van der Waals surface area contributed by atoms with Crippen molar-refractivity contribution in [3.63, 3.8) is 0 Å². The van der Waals surface area contributed by atoms with Gasteiger partial charge < -0.3 is 5.73 Å². The third kappa shape index (κ3) is 2.36. The maximum absolute atomic E-state index is 6.11. The summed E-state index contributed by atoms with van der Waals surface area (Å²) in [6.45, 7) is 0. The second-order valence-corrected chi connectivity index (χ2v) is 5.82. The molecule has 1 atom stereocenters. The fraction of sp³-hybridized carbons (Fsp3) is 0.0909. The van der Waals surface area contributed by atoms with E-state index < -0.39 is 0 Å². The highest BCUT2D eigenvalue weighted by molar-refractivity contribution is 7.16. The van der Waals surface area contributed by atoms with Crippen LogP contribution in [0.3, 0.4) is 0 Å². The van der Waals surface area contributed by atoms with E-state index in [9.17, 15) is 0 Å². The first kappa shape index (κ1) is 12.2. The van der Waals surface area contributed by atoms with Gasteiger partial charge in [0.05, 0.1) is 10.4 Å². The van der Waals surface area contributed by atoms with E-state index >= 15 is 0 Å². The van der Waals surface area contributed by atoms with E-state index in [0.29, 0.717) is 14.4 Å². The van der Waals surface area contributed by atoms with Crippen LogP contribution in [0.4, 0.5) is 0 Å². The standard InChI is InChI=1S/C11H8Cl3NS/c12-6-2-1-3-7(13)10(6)11(15)8-4-5-9(14)16-8/h1-5,11H,15H2. The molecule has 1 nitrogen and oxygen atoms in total. The zero-order chi connectivity index (χ0) is 11.7. The highest BCUT2D eigenvalue weighted by Gasteiger charge is 2.17. The maximum Gasteiger partial charge on any atom is 0.0931 e. The Morgan fingerprint density at radius 2 is 1.62 bits per heavy atom. The SMILES string of the molecule is NC(c1ccc(Cl)s1)c1c(Cl)cccc1Cl. The van der Waals surface area contributed by atoms with Crippen LogP contribution in [-0.2, 0) is 0 Å². The molecule has 1 unspecified atom stereocenters. The number of thiophene rings is 1. The van der Waals surface area contributed by atoms with Crippen molar-refractivity contribution in [2.24, 2.45) is 5.73 Å². The predicted molar refractivity (Wildman–Crippen MR) is 71.8 cm³/mol. The normalized spacial score (nSPS) is 12.8. The summed E-state index contributed by atoms with van der Waals surface area (Å²) in [6, 6.07) is 8.71. The van der Waals surface area contributed by atoms with E-state index in [-0.39, 0.29) is 6.04 Å². The molecular weight excluding hydrogens is 285 g/mol. The number of hydrogen-bond acceptors (Lipinski definition) is 2. The lowest BCUT2D eigenvalue weighted by molar-refractivity contribution is 0.894. The minimum absolute atomic E-state index is 0.335. The third-order valence-electron chi connectivity index (χ3n) is 2.21. The number of hydrogen-bond donors (Lipinski definition) is 1. The zero-order valence-corrected chi connectivity index (χ0v) is 11.2. The molecule has 2 aromatic rings. The summed E-state index contributed by atoms with van der Waals surface area (Å²) in [5.74, 6) is 0. The van der Waals surface area contributed by atoms with Crippen molar-refractivity contribution < 1.29 is 0 Å². The summed E-state index contributed by atoms with van der Waals surface area (Å²) >= 11 is 19.5. The fourth-order valence-electron chi connectivity index (χ4n) is 1.45. The molecule has 2 N–H and O–H groups in total. The molecule has 0 radical (unpaired) electrons. The Kier molecular flexibility index (Phi) is 3.77. The van der Waals surface area contributed by atoms with Crippen LogP contribution in [0.15, 0.2) is 30.3 Å². The van der Waals surface area contributed by atoms with Crippen LogP contribution < -0.4 is 5.73 Å². The molecule has 0 aliphatic rings. The molecule has 1 heterocycles. The molecule has 5 heteroatoms. The predicted octanol–water partition coefficient (Wildman–Crippen LogP) is 4.76. The number of halogens is 3. The Labute approximate surface area is 113 Å². The first-order chi connectivity index (χ1) is 7.59. The van der Waals surface area contributed by atoms with Crippen molar-refractivity contribution in [2.45, 2.75) is 6.04 Å². The van der Waals surface area contributed by atoms with Crippen LogP contribution in [0.2, 0.25) is 14.4 Å². The Morgan fingerprint density at radius 3 is 2.12 bits per heavy atom. The summed E-state index contributed by atoms with van der Waals surface area (Å²) in [5, 5.41) is 1.15. The van der Waals surface area contributed by atoms with Crippen molar-refractivity contribution >= 4 is 46.1 Å². The monoisotopic (exact) mass is 291 g/mol. The Balaban J connectivity index is 2.45. The lowest BCUT2D eigenvalue weighted by Gasteiger charge is -2.13. The molecule has 2 rings (SSSR count). The topological polar surface area (TPSA) is 26.0 Å². The Morgan fingerprint density at radius 1 is 1.00 bits per heavy atom. The van der Waals surface area contributed by atoms with Gasteiger partial charge in [0.1, 0.15) is 0 Å². The minimum atomic E-state index is -0.335. The molecule has 16 heavy (non-hydrogen) atoms. The smallest absolute Gasteiger partial charge is 0.0931 e. The molecule has 0 saturated heterocycles. The number of benzene rings is 1. The molecule has 0 aliphatic heterocycles. The lowest BCUT2D eigenvalue weighted by Crippen LogP contribution is -2.11. The van der Waals surface area contributed by atoms with E-state index in [1.165, 1.54) is 11.3 Å². The van der Waals surface area contributed by atoms with Crippen molar-refractivity contribution in [1.29, 1.82) is 0 Å². The van der Waals surface area contributed by atoms with Gasteiger partial charge in [-0.25, -0.2) is 0 Å². The quantitative estimate of drug-likeness (QED) is 0.849. The number of rotatable bonds is 2. The van der Waals surface area contributed by atoms with Gasteiger partial charge in [0.15, 0.2) is 0 Å². The van der Waals surface area contributed by atoms with E-state index in [1.54, 1.807) is 18.2 Å². The van der Waals surface area contributed by atoms with Crippen LogP contribution in [0.25, 0.3) is 0 Å². The van der Waals surface area contributed by atoms with E-state index in [0.717, 1.165) is 10.4 Å². The van der Waals surface area contributed by atoms with Gasteiger partial charge >= 0.3 is 0 Å². The summed E-state index contributed by atoms with van der Waals surface area (Å²) in [7, 11) is 0. The minimum Gasteiger partial charge on any atom is -0.320 e. The zero-order valence-electron chi connectivity index (χ0n) is 8.08. The van der Waals surface area contributed by atoms with Crippen LogP contribution in [-0.4, -0.2) is 0 Å². The van der Waals surface area contributed by atoms with Crippen LogP contribution in [0, 0.1) is 0 Å².